The molecule has 1 atom stereocenters. The van der Waals surface area contributed by atoms with Crippen molar-refractivity contribution in [2.75, 3.05) is 0 Å². The zero-order chi connectivity index (χ0) is 18.6. The lowest BCUT2D eigenvalue weighted by molar-refractivity contribution is -1.92. The summed E-state index contributed by atoms with van der Waals surface area (Å²) in [7, 11) is -4.69. The first-order valence-electron chi connectivity index (χ1n) is 6.89. The number of aldehydes is 1. The second-order valence-electron chi connectivity index (χ2n) is 5.07. The molecule has 9 heteroatoms. The van der Waals surface area contributed by atoms with Crippen LogP contribution in [0.5, 0.6) is 0 Å². The maximum absolute atomic E-state index is 11.2. The first kappa shape index (κ1) is 19.4. The van der Waals surface area contributed by atoms with Crippen LogP contribution in [0, 0.1) is 10.2 Å². The molecular formula is C16H14Cl2N2O5. The molecule has 2 aromatic carbocycles. The van der Waals surface area contributed by atoms with Gasteiger partial charge >= 0.3 is 0 Å². The second kappa shape index (κ2) is 7.94. The number of carbonyl (C=O) groups excluding carboxylic acids is 1. The van der Waals surface area contributed by atoms with Crippen LogP contribution in [-0.4, -0.2) is 16.0 Å². The average Bonchev–Trinajstić information content (AvgIpc) is 2.54. The highest BCUT2D eigenvalue weighted by atomic mass is 35.7. The summed E-state index contributed by atoms with van der Waals surface area (Å²) < 4.78 is 32.7. The maximum atomic E-state index is 11.2. The van der Waals surface area contributed by atoms with Gasteiger partial charge in [-0.3, -0.25) is 9.80 Å². The van der Waals surface area contributed by atoms with Crippen molar-refractivity contribution in [1.82, 2.24) is 5.01 Å². The van der Waals surface area contributed by atoms with E-state index >= 15 is 0 Å². The van der Waals surface area contributed by atoms with Crippen molar-refractivity contribution in [3.8, 4) is 0 Å². The number of allylic oxidation sites excluding steroid dienone is 1. The molecule has 0 saturated heterocycles. The van der Waals surface area contributed by atoms with Gasteiger partial charge in [0.05, 0.1) is 26.6 Å². The van der Waals surface area contributed by atoms with E-state index in [0.717, 1.165) is 23.0 Å². The minimum absolute atomic E-state index is 0.186. The van der Waals surface area contributed by atoms with E-state index in [0.29, 0.717) is 10.7 Å². The van der Waals surface area contributed by atoms with E-state index in [-0.39, 0.29) is 6.04 Å². The molecule has 0 radical (unpaired) electrons. The van der Waals surface area contributed by atoms with Crippen molar-refractivity contribution in [3.05, 3.63) is 75.9 Å². The predicted molar refractivity (Wildman–Crippen MR) is 82.0 cm³/mol. The van der Waals surface area contributed by atoms with E-state index < -0.39 is 10.2 Å². The third-order valence-corrected chi connectivity index (χ3v) is 3.73. The first-order chi connectivity index (χ1) is 11.7. The van der Waals surface area contributed by atoms with Crippen molar-refractivity contribution < 1.29 is 33.7 Å². The molecule has 0 saturated carbocycles. The molecular weight excluding hydrogens is 371 g/mol. The molecule has 0 bridgehead atoms. The van der Waals surface area contributed by atoms with Gasteiger partial charge in [-0.1, -0.05) is 48.0 Å². The molecule has 1 aliphatic heterocycles. The number of carbonyl (C=O) groups is 1. The normalized spacial score (nSPS) is 16.3. The molecule has 0 aromatic heterocycles. The molecule has 0 fully saturated rings. The van der Waals surface area contributed by atoms with Gasteiger partial charge in [-0.25, -0.2) is 5.84 Å². The lowest BCUT2D eigenvalue weighted by atomic mass is 9.90. The molecule has 132 valence electrons. The average molecular weight is 385 g/mol. The fourth-order valence-electron chi connectivity index (χ4n) is 2.50. The van der Waals surface area contributed by atoms with E-state index in [1.165, 1.54) is 5.01 Å². The number of hydrogen-bond donors (Lipinski definition) is 2. The molecule has 1 heterocycles. The van der Waals surface area contributed by atoms with Crippen LogP contribution in [0.15, 0.2) is 54.2 Å². The minimum Gasteiger partial charge on any atom is -0.296 e. The zero-order valence-corrected chi connectivity index (χ0v) is 14.2. The van der Waals surface area contributed by atoms with Gasteiger partial charge in [0.25, 0.3) is 0 Å². The standard InChI is InChI=1S/C16H13ClN2O.ClHO4/c17-13-7-5-11(6-8-13)16-15-4-2-1-3-12(15)9-14(10-20)19(16)18;2-1(3,4)5/h1-10,16H,18H2;(H,2,3,4,5). The second-order valence-corrected chi connectivity index (χ2v) is 6.30. The summed E-state index contributed by atoms with van der Waals surface area (Å²) in [5.41, 5.74) is 3.54. The molecule has 2 aromatic rings. The van der Waals surface area contributed by atoms with E-state index in [4.69, 9.17) is 36.1 Å². The van der Waals surface area contributed by atoms with Crippen LogP contribution in [0.25, 0.3) is 6.08 Å². The van der Waals surface area contributed by atoms with E-state index in [1.54, 1.807) is 6.08 Å². The predicted octanol–water partition coefficient (Wildman–Crippen LogP) is -0.966. The van der Waals surface area contributed by atoms with E-state index in [9.17, 15) is 4.79 Å². The minimum atomic E-state index is -4.69. The third kappa shape index (κ3) is 5.25. The van der Waals surface area contributed by atoms with Crippen LogP contribution in [0.4, 0.5) is 0 Å². The Morgan fingerprint density at radius 2 is 1.68 bits per heavy atom. The van der Waals surface area contributed by atoms with Gasteiger partial charge in [-0.2, -0.15) is 14.0 Å². The molecule has 1 unspecified atom stereocenters. The van der Waals surface area contributed by atoms with Crippen molar-refractivity contribution in [2.24, 2.45) is 5.84 Å². The van der Waals surface area contributed by atoms with Gasteiger partial charge in [0, 0.05) is 5.02 Å². The molecule has 3 rings (SSSR count). The van der Waals surface area contributed by atoms with Gasteiger partial charge in [0.15, 0.2) is 6.29 Å². The van der Waals surface area contributed by atoms with Crippen molar-refractivity contribution in [2.45, 2.75) is 6.04 Å². The molecule has 25 heavy (non-hydrogen) atoms. The summed E-state index contributed by atoms with van der Waals surface area (Å²) in [5, 5.41) is 2.17. The van der Waals surface area contributed by atoms with Crippen LogP contribution in [0.2, 0.25) is 5.02 Å². The Hall–Kier alpha value is -1.97. The fourth-order valence-corrected chi connectivity index (χ4v) is 2.63. The fraction of sp³-hybridized carbons (Fsp3) is 0.0625. The van der Waals surface area contributed by atoms with Gasteiger partial charge in [-0.15, -0.1) is 0 Å². The highest BCUT2D eigenvalue weighted by Crippen LogP contribution is 2.36. The number of hydrogen-bond acceptors (Lipinski definition) is 7. The van der Waals surface area contributed by atoms with Crippen LogP contribution in [-0.2, 0) is 4.79 Å². The molecule has 3 N–H and O–H groups in total. The number of rotatable bonds is 2. The largest absolute Gasteiger partial charge is 0.296 e. The molecule has 0 spiro atoms. The van der Waals surface area contributed by atoms with Crippen LogP contribution >= 0.6 is 11.6 Å². The first-order valence-corrected chi connectivity index (χ1v) is 8.53. The number of halogens is 2. The Labute approximate surface area is 150 Å². The number of fused-ring (bicyclic) bond motifs is 1. The van der Waals surface area contributed by atoms with Crippen molar-refractivity contribution >= 4 is 24.0 Å². The molecule has 7 nitrogen and oxygen atoms in total. The Bertz CT molecular complexity index is 769. The number of nitrogens with two attached hydrogens (primary N) is 1. The summed E-state index contributed by atoms with van der Waals surface area (Å²) in [6.45, 7) is 0. The summed E-state index contributed by atoms with van der Waals surface area (Å²) in [5.74, 6) is 6.12. The van der Waals surface area contributed by atoms with Gasteiger partial charge in [0.1, 0.15) is 0 Å². The zero-order valence-electron chi connectivity index (χ0n) is 12.7. The number of nitrogens with zero attached hydrogens (tertiary/aromatic N) is 1. The number of hydrazine groups is 1. The number of benzene rings is 2. The van der Waals surface area contributed by atoms with Gasteiger partial charge < -0.3 is 0 Å². The monoisotopic (exact) mass is 384 g/mol. The van der Waals surface area contributed by atoms with Gasteiger partial charge in [0.2, 0.25) is 0 Å². The van der Waals surface area contributed by atoms with Crippen LogP contribution < -0.4 is 19.8 Å². The topological polar surface area (TPSA) is 136 Å². The van der Waals surface area contributed by atoms with Crippen molar-refractivity contribution in [3.63, 3.8) is 0 Å². The Morgan fingerprint density at radius 1 is 1.12 bits per heavy atom. The molecule has 1 aliphatic rings. The summed E-state index contributed by atoms with van der Waals surface area (Å²) in [6.07, 6.45) is 2.58. The summed E-state index contributed by atoms with van der Waals surface area (Å²) >= 11 is 5.93. The van der Waals surface area contributed by atoms with Crippen LogP contribution in [0.3, 0.4) is 0 Å². The van der Waals surface area contributed by atoms with E-state index in [1.807, 2.05) is 48.5 Å². The highest BCUT2D eigenvalue weighted by Gasteiger charge is 2.27. The van der Waals surface area contributed by atoms with Crippen molar-refractivity contribution in [1.29, 1.82) is 0 Å². The van der Waals surface area contributed by atoms with Gasteiger partial charge in [-0.05, 0) is 34.9 Å². The Kier molecular flexibility index (Phi) is 6.15. The third-order valence-electron chi connectivity index (χ3n) is 3.48. The molecule has 0 amide bonds. The highest BCUT2D eigenvalue weighted by molar-refractivity contribution is 6.30. The SMILES string of the molecule is NN1C(C=O)=Cc2ccccc2C1c1ccc(Cl)cc1.[O-][Cl+3]([O-])([O-])O. The Morgan fingerprint density at radius 3 is 2.24 bits per heavy atom. The smallest absolute Gasteiger partial charge is 0.167 e. The Balaban J connectivity index is 0.000000399. The lowest BCUT2D eigenvalue weighted by Crippen LogP contribution is -2.58. The maximum Gasteiger partial charge on any atom is 0.167 e. The van der Waals surface area contributed by atoms with E-state index in [2.05, 4.69) is 0 Å². The molecule has 0 aliphatic carbocycles. The summed E-state index contributed by atoms with van der Waals surface area (Å²) in [6, 6.07) is 15.2. The van der Waals surface area contributed by atoms with Crippen LogP contribution in [0.1, 0.15) is 22.7 Å². The lowest BCUT2D eigenvalue weighted by Gasteiger charge is -2.34. The quantitative estimate of drug-likeness (QED) is 0.502. The summed E-state index contributed by atoms with van der Waals surface area (Å²) in [4.78, 5) is 11.2.